The van der Waals surface area contributed by atoms with Crippen molar-refractivity contribution in [1.82, 2.24) is 5.32 Å². The molecule has 1 aromatic rings. The Balaban J connectivity index is 1.96. The van der Waals surface area contributed by atoms with Crippen LogP contribution in [0.4, 0.5) is 0 Å². The second-order valence-electron chi connectivity index (χ2n) is 4.09. The smallest absolute Gasteiger partial charge is 0.0897 e. The number of aliphatic hydroxyl groups is 2. The van der Waals surface area contributed by atoms with Gasteiger partial charge >= 0.3 is 0 Å². The average molecular weight is 259 g/mol. The summed E-state index contributed by atoms with van der Waals surface area (Å²) in [6, 6.07) is 4.00. The molecule has 0 aliphatic carbocycles. The van der Waals surface area contributed by atoms with Gasteiger partial charge in [-0.05, 0) is 31.3 Å². The highest BCUT2D eigenvalue weighted by Gasteiger charge is 2.04. The zero-order valence-electron chi connectivity index (χ0n) is 10.1. The van der Waals surface area contributed by atoms with Crippen molar-refractivity contribution in [3.63, 3.8) is 0 Å². The van der Waals surface area contributed by atoms with E-state index in [1.807, 2.05) is 17.5 Å². The third kappa shape index (κ3) is 7.46. The summed E-state index contributed by atoms with van der Waals surface area (Å²) in [6.45, 7) is 3.85. The highest BCUT2D eigenvalue weighted by molar-refractivity contribution is 7.09. The fourth-order valence-corrected chi connectivity index (χ4v) is 1.97. The minimum atomic E-state index is -0.496. The van der Waals surface area contributed by atoms with Crippen molar-refractivity contribution in [3.8, 4) is 0 Å². The molecule has 98 valence electrons. The van der Waals surface area contributed by atoms with E-state index in [9.17, 15) is 5.11 Å². The van der Waals surface area contributed by atoms with Gasteiger partial charge < -0.3 is 20.3 Å². The van der Waals surface area contributed by atoms with Crippen LogP contribution in [0.15, 0.2) is 17.5 Å². The standard InChI is InChI=1S/C12H21NO3S/c1-10(14)4-5-13-7-11(15)8-16-9-12-3-2-6-17-12/h2-3,6,10-11,13-15H,4-5,7-9H2,1H3. The molecule has 0 radical (unpaired) electrons. The van der Waals surface area contributed by atoms with Crippen LogP contribution in [0, 0.1) is 0 Å². The lowest BCUT2D eigenvalue weighted by atomic mass is 10.3. The van der Waals surface area contributed by atoms with Crippen molar-refractivity contribution in [2.75, 3.05) is 19.7 Å². The van der Waals surface area contributed by atoms with Crippen LogP contribution < -0.4 is 5.32 Å². The summed E-state index contributed by atoms with van der Waals surface area (Å²) in [6.07, 6.45) is -0.0957. The molecule has 1 aromatic heterocycles. The maximum atomic E-state index is 9.60. The van der Waals surface area contributed by atoms with Gasteiger partial charge in [-0.1, -0.05) is 6.07 Å². The van der Waals surface area contributed by atoms with Gasteiger partial charge in [-0.2, -0.15) is 0 Å². The van der Waals surface area contributed by atoms with E-state index in [0.29, 0.717) is 32.7 Å². The summed E-state index contributed by atoms with van der Waals surface area (Å²) in [7, 11) is 0. The molecule has 0 bridgehead atoms. The molecule has 0 saturated heterocycles. The molecule has 0 fully saturated rings. The van der Waals surface area contributed by atoms with Gasteiger partial charge in [0.25, 0.3) is 0 Å². The second kappa shape index (κ2) is 8.60. The molecule has 0 spiro atoms. The third-order valence-corrected chi connectivity index (χ3v) is 3.10. The summed E-state index contributed by atoms with van der Waals surface area (Å²) in [4.78, 5) is 1.17. The van der Waals surface area contributed by atoms with E-state index in [4.69, 9.17) is 9.84 Å². The molecular weight excluding hydrogens is 238 g/mol. The first-order chi connectivity index (χ1) is 8.18. The lowest BCUT2D eigenvalue weighted by Gasteiger charge is -2.12. The van der Waals surface area contributed by atoms with Crippen LogP contribution in [0.25, 0.3) is 0 Å². The Bertz CT molecular complexity index is 277. The monoisotopic (exact) mass is 259 g/mol. The van der Waals surface area contributed by atoms with Crippen LogP contribution >= 0.6 is 11.3 Å². The number of aliphatic hydroxyl groups excluding tert-OH is 2. The van der Waals surface area contributed by atoms with E-state index in [0.717, 1.165) is 0 Å². The Labute approximate surface area is 106 Å². The fourth-order valence-electron chi connectivity index (χ4n) is 1.33. The maximum Gasteiger partial charge on any atom is 0.0897 e. The van der Waals surface area contributed by atoms with Gasteiger partial charge in [0.1, 0.15) is 0 Å². The number of thiophene rings is 1. The van der Waals surface area contributed by atoms with E-state index in [1.54, 1.807) is 18.3 Å². The molecule has 0 amide bonds. The summed E-state index contributed by atoms with van der Waals surface area (Å²) in [5.41, 5.74) is 0. The van der Waals surface area contributed by atoms with Crippen molar-refractivity contribution < 1.29 is 14.9 Å². The summed E-state index contributed by atoms with van der Waals surface area (Å²) < 4.78 is 5.39. The summed E-state index contributed by atoms with van der Waals surface area (Å²) >= 11 is 1.65. The molecule has 3 N–H and O–H groups in total. The van der Waals surface area contributed by atoms with Crippen LogP contribution in [0.2, 0.25) is 0 Å². The van der Waals surface area contributed by atoms with Crippen molar-refractivity contribution in [2.45, 2.75) is 32.2 Å². The van der Waals surface area contributed by atoms with E-state index < -0.39 is 6.10 Å². The minimum Gasteiger partial charge on any atom is -0.393 e. The Morgan fingerprint density at radius 2 is 2.29 bits per heavy atom. The lowest BCUT2D eigenvalue weighted by molar-refractivity contribution is 0.0295. The molecular formula is C12H21NO3S. The van der Waals surface area contributed by atoms with Gasteiger partial charge in [0.05, 0.1) is 25.4 Å². The Hall–Kier alpha value is -0.460. The van der Waals surface area contributed by atoms with Gasteiger partial charge in [-0.3, -0.25) is 0 Å². The van der Waals surface area contributed by atoms with Gasteiger partial charge in [0.2, 0.25) is 0 Å². The van der Waals surface area contributed by atoms with Crippen LogP contribution in [-0.2, 0) is 11.3 Å². The second-order valence-corrected chi connectivity index (χ2v) is 5.12. The molecule has 1 rings (SSSR count). The van der Waals surface area contributed by atoms with Crippen molar-refractivity contribution in [3.05, 3.63) is 22.4 Å². The van der Waals surface area contributed by atoms with Crippen molar-refractivity contribution >= 4 is 11.3 Å². The lowest BCUT2D eigenvalue weighted by Crippen LogP contribution is -2.31. The molecule has 0 saturated carbocycles. The molecule has 2 atom stereocenters. The minimum absolute atomic E-state index is 0.297. The van der Waals surface area contributed by atoms with Crippen LogP contribution in [0.3, 0.4) is 0 Å². The summed E-state index contributed by atoms with van der Waals surface area (Å²) in [5, 5.41) is 23.7. The SMILES string of the molecule is CC(O)CCNCC(O)COCc1cccs1. The average Bonchev–Trinajstić information content (AvgIpc) is 2.77. The van der Waals surface area contributed by atoms with E-state index >= 15 is 0 Å². The van der Waals surface area contributed by atoms with E-state index in [1.165, 1.54) is 4.88 Å². The molecule has 0 aliphatic heterocycles. The molecule has 0 aliphatic rings. The van der Waals surface area contributed by atoms with Crippen LogP contribution in [0.1, 0.15) is 18.2 Å². The number of hydrogen-bond acceptors (Lipinski definition) is 5. The number of ether oxygens (including phenoxy) is 1. The van der Waals surface area contributed by atoms with Crippen molar-refractivity contribution in [1.29, 1.82) is 0 Å². The van der Waals surface area contributed by atoms with Gasteiger partial charge in [-0.25, -0.2) is 0 Å². The third-order valence-electron chi connectivity index (χ3n) is 2.25. The predicted octanol–water partition coefficient (Wildman–Crippen LogP) is 0.986. The number of nitrogens with one attached hydrogen (secondary N) is 1. The number of hydrogen-bond donors (Lipinski definition) is 3. The van der Waals surface area contributed by atoms with Gasteiger partial charge in [0.15, 0.2) is 0 Å². The Morgan fingerprint density at radius 1 is 1.47 bits per heavy atom. The fraction of sp³-hybridized carbons (Fsp3) is 0.667. The van der Waals surface area contributed by atoms with E-state index in [-0.39, 0.29) is 6.10 Å². The molecule has 5 heteroatoms. The zero-order valence-corrected chi connectivity index (χ0v) is 10.9. The van der Waals surface area contributed by atoms with E-state index in [2.05, 4.69) is 5.32 Å². The maximum absolute atomic E-state index is 9.60. The van der Waals surface area contributed by atoms with Gasteiger partial charge in [-0.15, -0.1) is 11.3 Å². The first-order valence-electron chi connectivity index (χ1n) is 5.85. The highest BCUT2D eigenvalue weighted by atomic mass is 32.1. The normalized spacial score (nSPS) is 14.8. The first kappa shape index (κ1) is 14.6. The van der Waals surface area contributed by atoms with Gasteiger partial charge in [0, 0.05) is 11.4 Å². The quantitative estimate of drug-likeness (QED) is 0.579. The molecule has 17 heavy (non-hydrogen) atoms. The molecule has 1 heterocycles. The topological polar surface area (TPSA) is 61.7 Å². The Morgan fingerprint density at radius 3 is 2.94 bits per heavy atom. The molecule has 4 nitrogen and oxygen atoms in total. The predicted molar refractivity (Wildman–Crippen MR) is 69.1 cm³/mol. The molecule has 2 unspecified atom stereocenters. The largest absolute Gasteiger partial charge is 0.393 e. The summed E-state index contributed by atoms with van der Waals surface area (Å²) in [5.74, 6) is 0. The highest BCUT2D eigenvalue weighted by Crippen LogP contribution is 2.09. The van der Waals surface area contributed by atoms with Crippen molar-refractivity contribution in [2.24, 2.45) is 0 Å². The Kier molecular flexibility index (Phi) is 7.39. The van der Waals surface area contributed by atoms with Crippen LogP contribution in [-0.4, -0.2) is 42.1 Å². The van der Waals surface area contributed by atoms with Crippen LogP contribution in [0.5, 0.6) is 0 Å². The first-order valence-corrected chi connectivity index (χ1v) is 6.73. The molecule has 0 aromatic carbocycles. The zero-order chi connectivity index (χ0) is 12.5. The number of rotatable bonds is 9.